The van der Waals surface area contributed by atoms with E-state index in [1.165, 1.54) is 0 Å². The maximum absolute atomic E-state index is 12.9. The molecule has 1 fully saturated rings. The Hall–Kier alpha value is -3.68. The van der Waals surface area contributed by atoms with Crippen molar-refractivity contribution in [2.45, 2.75) is 12.6 Å². The van der Waals surface area contributed by atoms with Gasteiger partial charge in [0.05, 0.1) is 7.11 Å². The van der Waals surface area contributed by atoms with Gasteiger partial charge in [0, 0.05) is 43.3 Å². The molecule has 32 heavy (non-hydrogen) atoms. The zero-order chi connectivity index (χ0) is 22.1. The number of aromatic nitrogens is 1. The van der Waals surface area contributed by atoms with Gasteiger partial charge in [-0.3, -0.25) is 9.59 Å². The minimum Gasteiger partial charge on any atom is -0.497 e. The quantitative estimate of drug-likeness (QED) is 0.628. The first-order chi connectivity index (χ1) is 15.6. The molecule has 0 saturated carbocycles. The number of amides is 2. The summed E-state index contributed by atoms with van der Waals surface area (Å²) in [6.45, 7) is 2.43. The van der Waals surface area contributed by atoms with Crippen LogP contribution in [0.4, 0.5) is 0 Å². The highest BCUT2D eigenvalue weighted by atomic mass is 16.6. The summed E-state index contributed by atoms with van der Waals surface area (Å²) in [5, 5.41) is 1.03. The second-order valence-electron chi connectivity index (χ2n) is 7.94. The summed E-state index contributed by atoms with van der Waals surface area (Å²) in [6, 6.07) is 15.1. The SMILES string of the molecule is COc1ccc2c(ccn2CC(=O)N2CCN(C(=O)[C@H]3COc4ccccc4O3)CC2)c1. The standard InChI is InChI=1S/C24H25N3O5/c1-30-18-6-7-19-17(14-18)8-9-27(19)15-23(28)25-10-12-26(13-11-25)24(29)22-16-31-20-4-2-3-5-21(20)32-22/h2-9,14,22H,10-13,15-16H2,1H3/t22-/m1/s1. The number of fused-ring (bicyclic) bond motifs is 2. The molecule has 2 amide bonds. The van der Waals surface area contributed by atoms with E-state index in [2.05, 4.69) is 0 Å². The van der Waals surface area contributed by atoms with Crippen LogP contribution in [-0.2, 0) is 16.1 Å². The number of piperazine rings is 1. The van der Waals surface area contributed by atoms with Crippen molar-refractivity contribution in [3.63, 3.8) is 0 Å². The summed E-state index contributed by atoms with van der Waals surface area (Å²) in [4.78, 5) is 29.3. The number of methoxy groups -OCH3 is 1. The molecule has 0 radical (unpaired) electrons. The molecule has 3 heterocycles. The fourth-order valence-electron chi connectivity index (χ4n) is 4.21. The fraction of sp³-hybridized carbons (Fsp3) is 0.333. The average Bonchev–Trinajstić information content (AvgIpc) is 3.25. The molecule has 0 spiro atoms. The Morgan fingerprint density at radius 3 is 2.53 bits per heavy atom. The van der Waals surface area contributed by atoms with E-state index < -0.39 is 6.10 Å². The molecule has 1 aromatic heterocycles. The Morgan fingerprint density at radius 2 is 1.75 bits per heavy atom. The maximum atomic E-state index is 12.9. The Morgan fingerprint density at radius 1 is 1.00 bits per heavy atom. The smallest absolute Gasteiger partial charge is 0.267 e. The first kappa shape index (κ1) is 20.2. The van der Waals surface area contributed by atoms with Crippen molar-refractivity contribution in [3.05, 3.63) is 54.7 Å². The molecule has 2 aliphatic heterocycles. The lowest BCUT2D eigenvalue weighted by atomic mass is 10.2. The normalized spacial score (nSPS) is 18.0. The maximum Gasteiger partial charge on any atom is 0.267 e. The zero-order valence-corrected chi connectivity index (χ0v) is 17.9. The predicted octanol–water partition coefficient (Wildman–Crippen LogP) is 2.16. The lowest BCUT2D eigenvalue weighted by Crippen LogP contribution is -2.55. The van der Waals surface area contributed by atoms with Crippen LogP contribution in [0, 0.1) is 0 Å². The monoisotopic (exact) mass is 435 g/mol. The predicted molar refractivity (Wildman–Crippen MR) is 118 cm³/mol. The molecule has 8 heteroatoms. The highest BCUT2D eigenvalue weighted by Crippen LogP contribution is 2.31. The molecule has 2 aliphatic rings. The molecule has 5 rings (SSSR count). The molecule has 0 N–H and O–H groups in total. The Kier molecular flexibility index (Phi) is 5.34. The van der Waals surface area contributed by atoms with Crippen LogP contribution in [0.1, 0.15) is 0 Å². The Bertz CT molecular complexity index is 1150. The number of nitrogens with zero attached hydrogens (tertiary/aromatic N) is 3. The fourth-order valence-corrected chi connectivity index (χ4v) is 4.21. The molecule has 166 valence electrons. The van der Waals surface area contributed by atoms with Crippen molar-refractivity contribution in [1.29, 1.82) is 0 Å². The van der Waals surface area contributed by atoms with Gasteiger partial charge in [-0.1, -0.05) is 12.1 Å². The highest BCUT2D eigenvalue weighted by Gasteiger charge is 2.33. The van der Waals surface area contributed by atoms with Gasteiger partial charge in [0.1, 0.15) is 18.9 Å². The van der Waals surface area contributed by atoms with E-state index in [-0.39, 0.29) is 25.0 Å². The number of carbonyl (C=O) groups excluding carboxylic acids is 2. The highest BCUT2D eigenvalue weighted by molar-refractivity contribution is 5.85. The van der Waals surface area contributed by atoms with Gasteiger partial charge in [-0.25, -0.2) is 0 Å². The van der Waals surface area contributed by atoms with E-state index >= 15 is 0 Å². The lowest BCUT2D eigenvalue weighted by molar-refractivity contribution is -0.146. The largest absolute Gasteiger partial charge is 0.497 e. The Balaban J connectivity index is 1.17. The minimum absolute atomic E-state index is 0.0385. The van der Waals surface area contributed by atoms with E-state index in [0.29, 0.717) is 37.7 Å². The molecule has 1 atom stereocenters. The molecule has 3 aromatic rings. The van der Waals surface area contributed by atoms with Crippen LogP contribution in [0.25, 0.3) is 10.9 Å². The zero-order valence-electron chi connectivity index (χ0n) is 17.9. The van der Waals surface area contributed by atoms with Crippen molar-refractivity contribution >= 4 is 22.7 Å². The van der Waals surface area contributed by atoms with E-state index in [9.17, 15) is 9.59 Å². The third kappa shape index (κ3) is 3.84. The minimum atomic E-state index is -0.657. The topological polar surface area (TPSA) is 73.2 Å². The molecule has 8 nitrogen and oxygen atoms in total. The first-order valence-corrected chi connectivity index (χ1v) is 10.7. The second kappa shape index (κ2) is 8.45. The number of carbonyl (C=O) groups is 2. The Labute approximate surface area is 185 Å². The van der Waals surface area contributed by atoms with Crippen molar-refractivity contribution in [2.75, 3.05) is 39.9 Å². The van der Waals surface area contributed by atoms with Crippen LogP contribution in [0.3, 0.4) is 0 Å². The van der Waals surface area contributed by atoms with E-state index in [4.69, 9.17) is 14.2 Å². The van der Waals surface area contributed by atoms with Crippen molar-refractivity contribution in [3.8, 4) is 17.2 Å². The molecule has 1 saturated heterocycles. The van der Waals surface area contributed by atoms with Gasteiger partial charge in [-0.15, -0.1) is 0 Å². The summed E-state index contributed by atoms with van der Waals surface area (Å²) >= 11 is 0. The average molecular weight is 435 g/mol. The number of hydrogen-bond donors (Lipinski definition) is 0. The summed E-state index contributed by atoms with van der Waals surface area (Å²) in [5.41, 5.74) is 0.989. The first-order valence-electron chi connectivity index (χ1n) is 10.7. The molecule has 0 aliphatic carbocycles. The summed E-state index contributed by atoms with van der Waals surface area (Å²) < 4.78 is 18.7. The second-order valence-corrected chi connectivity index (χ2v) is 7.94. The van der Waals surface area contributed by atoms with Crippen molar-refractivity contribution in [2.24, 2.45) is 0 Å². The van der Waals surface area contributed by atoms with Gasteiger partial charge >= 0.3 is 0 Å². The molecule has 0 bridgehead atoms. The van der Waals surface area contributed by atoms with Crippen LogP contribution in [-0.4, -0.2) is 72.2 Å². The third-order valence-electron chi connectivity index (χ3n) is 6.01. The van der Waals surface area contributed by atoms with Gasteiger partial charge in [-0.2, -0.15) is 0 Å². The van der Waals surface area contributed by atoms with Crippen LogP contribution < -0.4 is 14.2 Å². The van der Waals surface area contributed by atoms with Crippen LogP contribution in [0.15, 0.2) is 54.7 Å². The van der Waals surface area contributed by atoms with Gasteiger partial charge < -0.3 is 28.6 Å². The van der Waals surface area contributed by atoms with E-state index in [0.717, 1.165) is 16.7 Å². The van der Waals surface area contributed by atoms with E-state index in [1.54, 1.807) is 18.1 Å². The van der Waals surface area contributed by atoms with Gasteiger partial charge in [0.2, 0.25) is 12.0 Å². The summed E-state index contributed by atoms with van der Waals surface area (Å²) in [5.74, 6) is 1.97. The molecular formula is C24H25N3O5. The summed E-state index contributed by atoms with van der Waals surface area (Å²) in [6.07, 6.45) is 1.26. The summed E-state index contributed by atoms with van der Waals surface area (Å²) in [7, 11) is 1.64. The molecule has 2 aromatic carbocycles. The lowest BCUT2D eigenvalue weighted by Gasteiger charge is -2.37. The number of hydrogen-bond acceptors (Lipinski definition) is 5. The number of para-hydroxylation sites is 2. The van der Waals surface area contributed by atoms with E-state index in [1.807, 2.05) is 58.1 Å². The van der Waals surface area contributed by atoms with Gasteiger partial charge in [0.25, 0.3) is 5.91 Å². The molecular weight excluding hydrogens is 410 g/mol. The van der Waals surface area contributed by atoms with Crippen LogP contribution >= 0.6 is 0 Å². The third-order valence-corrected chi connectivity index (χ3v) is 6.01. The van der Waals surface area contributed by atoms with Crippen molar-refractivity contribution in [1.82, 2.24) is 14.4 Å². The van der Waals surface area contributed by atoms with Crippen LogP contribution in [0.5, 0.6) is 17.2 Å². The van der Waals surface area contributed by atoms with Crippen molar-refractivity contribution < 1.29 is 23.8 Å². The van der Waals surface area contributed by atoms with Gasteiger partial charge in [-0.05, 0) is 36.4 Å². The number of ether oxygens (including phenoxy) is 3. The van der Waals surface area contributed by atoms with Gasteiger partial charge in [0.15, 0.2) is 11.5 Å². The molecule has 0 unspecified atom stereocenters. The number of benzene rings is 2. The number of rotatable bonds is 4. The van der Waals surface area contributed by atoms with Crippen LogP contribution in [0.2, 0.25) is 0 Å².